The maximum absolute atomic E-state index is 5.52. The topological polar surface area (TPSA) is 47.3 Å². The monoisotopic (exact) mass is 260 g/mol. The molecule has 0 amide bonds. The number of oxazole rings is 1. The van der Waals surface area contributed by atoms with Gasteiger partial charge < -0.3 is 14.5 Å². The number of hydrogen-bond donors (Lipinski definition) is 1. The Bertz CT molecular complexity index is 522. The van der Waals surface area contributed by atoms with Gasteiger partial charge in [-0.15, -0.1) is 0 Å². The first-order valence-electron chi connectivity index (χ1n) is 6.45. The Balaban J connectivity index is 2.07. The lowest BCUT2D eigenvalue weighted by Crippen LogP contribution is -2.23. The normalized spacial score (nSPS) is 12.4. The first kappa shape index (κ1) is 13.6. The summed E-state index contributed by atoms with van der Waals surface area (Å²) in [6.45, 7) is 2.12. The van der Waals surface area contributed by atoms with Crippen molar-refractivity contribution in [2.45, 2.75) is 25.8 Å². The quantitative estimate of drug-likeness (QED) is 0.866. The van der Waals surface area contributed by atoms with Gasteiger partial charge in [-0.05, 0) is 20.0 Å². The molecule has 1 aromatic heterocycles. The standard InChI is InChI=1S/C15H20N2O2/c1-11(16-2)8-13-10-19-15(17-13)9-12-6-4-5-7-14(12)18-3/h4-7,10-11,16H,8-9H2,1-3H3. The average Bonchev–Trinajstić information content (AvgIpc) is 2.86. The molecule has 0 spiro atoms. The Labute approximate surface area is 113 Å². The van der Waals surface area contributed by atoms with Gasteiger partial charge in [0.25, 0.3) is 0 Å². The molecule has 4 heteroatoms. The number of rotatable bonds is 6. The highest BCUT2D eigenvalue weighted by Gasteiger charge is 2.10. The van der Waals surface area contributed by atoms with E-state index in [-0.39, 0.29) is 0 Å². The van der Waals surface area contributed by atoms with Gasteiger partial charge in [0.05, 0.1) is 19.2 Å². The van der Waals surface area contributed by atoms with Gasteiger partial charge >= 0.3 is 0 Å². The molecule has 0 aliphatic rings. The molecular formula is C15H20N2O2. The fourth-order valence-electron chi connectivity index (χ4n) is 1.95. The summed E-state index contributed by atoms with van der Waals surface area (Å²) in [5.41, 5.74) is 2.06. The van der Waals surface area contributed by atoms with Gasteiger partial charge in [-0.25, -0.2) is 4.98 Å². The average molecular weight is 260 g/mol. The van der Waals surface area contributed by atoms with Gasteiger partial charge in [0.15, 0.2) is 5.89 Å². The zero-order chi connectivity index (χ0) is 13.7. The molecule has 0 fully saturated rings. The van der Waals surface area contributed by atoms with Crippen molar-refractivity contribution in [1.29, 1.82) is 0 Å². The number of nitrogens with one attached hydrogen (secondary N) is 1. The van der Waals surface area contributed by atoms with E-state index >= 15 is 0 Å². The molecule has 102 valence electrons. The highest BCUT2D eigenvalue weighted by molar-refractivity contribution is 5.35. The summed E-state index contributed by atoms with van der Waals surface area (Å²) in [5.74, 6) is 1.59. The number of methoxy groups -OCH3 is 1. The van der Waals surface area contributed by atoms with Gasteiger partial charge in [0, 0.05) is 18.0 Å². The number of hydrogen-bond acceptors (Lipinski definition) is 4. The first-order valence-corrected chi connectivity index (χ1v) is 6.45. The number of aromatic nitrogens is 1. The molecule has 1 aromatic carbocycles. The molecule has 1 heterocycles. The lowest BCUT2D eigenvalue weighted by Gasteiger charge is -2.06. The van der Waals surface area contributed by atoms with Crippen molar-refractivity contribution in [3.05, 3.63) is 47.7 Å². The van der Waals surface area contributed by atoms with E-state index in [0.717, 1.165) is 29.3 Å². The highest BCUT2D eigenvalue weighted by atomic mass is 16.5. The summed E-state index contributed by atoms with van der Waals surface area (Å²) in [7, 11) is 3.62. The summed E-state index contributed by atoms with van der Waals surface area (Å²) >= 11 is 0. The third kappa shape index (κ3) is 3.58. The van der Waals surface area contributed by atoms with E-state index in [0.29, 0.717) is 12.5 Å². The summed E-state index contributed by atoms with van der Waals surface area (Å²) in [5, 5.41) is 3.19. The van der Waals surface area contributed by atoms with Crippen LogP contribution in [0.2, 0.25) is 0 Å². The molecule has 1 atom stereocenters. The Morgan fingerprint density at radius 2 is 2.16 bits per heavy atom. The minimum absolute atomic E-state index is 0.393. The number of para-hydroxylation sites is 1. The van der Waals surface area contributed by atoms with E-state index in [1.165, 1.54) is 0 Å². The fraction of sp³-hybridized carbons (Fsp3) is 0.400. The molecule has 0 bridgehead atoms. The predicted octanol–water partition coefficient (Wildman–Crippen LogP) is 2.42. The van der Waals surface area contributed by atoms with Crippen LogP contribution in [0, 0.1) is 0 Å². The van der Waals surface area contributed by atoms with Crippen LogP contribution in [0.15, 0.2) is 34.9 Å². The molecular weight excluding hydrogens is 240 g/mol. The summed E-state index contributed by atoms with van der Waals surface area (Å²) < 4.78 is 10.8. The molecule has 2 aromatic rings. The zero-order valence-corrected chi connectivity index (χ0v) is 11.6. The van der Waals surface area contributed by atoms with Crippen LogP contribution in [0.4, 0.5) is 0 Å². The number of benzene rings is 1. The van der Waals surface area contributed by atoms with Crippen LogP contribution in [0.3, 0.4) is 0 Å². The van der Waals surface area contributed by atoms with E-state index in [1.807, 2.05) is 31.3 Å². The third-order valence-corrected chi connectivity index (χ3v) is 3.14. The Morgan fingerprint density at radius 3 is 2.89 bits per heavy atom. The van der Waals surface area contributed by atoms with E-state index in [4.69, 9.17) is 9.15 Å². The minimum Gasteiger partial charge on any atom is -0.496 e. The summed E-state index contributed by atoms with van der Waals surface area (Å²) in [4.78, 5) is 4.51. The third-order valence-electron chi connectivity index (χ3n) is 3.14. The van der Waals surface area contributed by atoms with E-state index in [1.54, 1.807) is 13.4 Å². The smallest absolute Gasteiger partial charge is 0.198 e. The predicted molar refractivity (Wildman–Crippen MR) is 74.5 cm³/mol. The molecule has 0 radical (unpaired) electrons. The number of likely N-dealkylation sites (N-methyl/N-ethyl adjacent to an activating group) is 1. The van der Waals surface area contributed by atoms with Crippen LogP contribution in [0.1, 0.15) is 24.1 Å². The second-order valence-electron chi connectivity index (χ2n) is 4.62. The van der Waals surface area contributed by atoms with Gasteiger partial charge in [0.2, 0.25) is 0 Å². The van der Waals surface area contributed by atoms with Crippen molar-refractivity contribution < 1.29 is 9.15 Å². The zero-order valence-electron chi connectivity index (χ0n) is 11.6. The molecule has 0 saturated carbocycles. The van der Waals surface area contributed by atoms with Crippen molar-refractivity contribution in [2.24, 2.45) is 0 Å². The van der Waals surface area contributed by atoms with Crippen LogP contribution < -0.4 is 10.1 Å². The molecule has 0 saturated heterocycles. The van der Waals surface area contributed by atoms with Crippen LogP contribution in [0.5, 0.6) is 5.75 Å². The first-order chi connectivity index (χ1) is 9.22. The van der Waals surface area contributed by atoms with Crippen molar-refractivity contribution >= 4 is 0 Å². The maximum Gasteiger partial charge on any atom is 0.198 e. The van der Waals surface area contributed by atoms with Crippen LogP contribution in [-0.4, -0.2) is 25.2 Å². The molecule has 4 nitrogen and oxygen atoms in total. The SMILES string of the molecule is CNC(C)Cc1coc(Cc2ccccc2OC)n1. The highest BCUT2D eigenvalue weighted by Crippen LogP contribution is 2.20. The molecule has 2 rings (SSSR count). The lowest BCUT2D eigenvalue weighted by molar-refractivity contribution is 0.408. The molecule has 1 unspecified atom stereocenters. The molecule has 0 aliphatic carbocycles. The van der Waals surface area contributed by atoms with E-state index < -0.39 is 0 Å². The van der Waals surface area contributed by atoms with Crippen molar-refractivity contribution in [2.75, 3.05) is 14.2 Å². The molecule has 0 aliphatic heterocycles. The van der Waals surface area contributed by atoms with Crippen molar-refractivity contribution in [3.8, 4) is 5.75 Å². The second kappa shape index (κ2) is 6.38. The van der Waals surface area contributed by atoms with Crippen LogP contribution >= 0.6 is 0 Å². The van der Waals surface area contributed by atoms with Gasteiger partial charge in [-0.2, -0.15) is 0 Å². The number of ether oxygens (including phenoxy) is 1. The van der Waals surface area contributed by atoms with E-state index in [2.05, 4.69) is 17.2 Å². The number of nitrogens with zero attached hydrogens (tertiary/aromatic N) is 1. The minimum atomic E-state index is 0.393. The van der Waals surface area contributed by atoms with E-state index in [9.17, 15) is 0 Å². The Kier molecular flexibility index (Phi) is 4.58. The van der Waals surface area contributed by atoms with Gasteiger partial charge in [0.1, 0.15) is 12.0 Å². The summed E-state index contributed by atoms with van der Waals surface area (Å²) in [6, 6.07) is 8.31. The van der Waals surface area contributed by atoms with Gasteiger partial charge in [-0.1, -0.05) is 18.2 Å². The molecule has 1 N–H and O–H groups in total. The largest absolute Gasteiger partial charge is 0.496 e. The summed E-state index contributed by atoms with van der Waals surface area (Å²) in [6.07, 6.45) is 3.25. The second-order valence-corrected chi connectivity index (χ2v) is 4.62. The Hall–Kier alpha value is -1.81. The Morgan fingerprint density at radius 1 is 1.37 bits per heavy atom. The van der Waals surface area contributed by atoms with Crippen molar-refractivity contribution in [1.82, 2.24) is 10.3 Å². The lowest BCUT2D eigenvalue weighted by atomic mass is 10.1. The van der Waals surface area contributed by atoms with Gasteiger partial charge in [-0.3, -0.25) is 0 Å². The molecule has 19 heavy (non-hydrogen) atoms. The fourth-order valence-corrected chi connectivity index (χ4v) is 1.95. The maximum atomic E-state index is 5.52. The van der Waals surface area contributed by atoms with Crippen molar-refractivity contribution in [3.63, 3.8) is 0 Å². The van der Waals surface area contributed by atoms with Crippen LogP contribution in [0.25, 0.3) is 0 Å². The van der Waals surface area contributed by atoms with Crippen LogP contribution in [-0.2, 0) is 12.8 Å².